The molecule has 0 aromatic heterocycles. The Balaban J connectivity index is 1.91. The summed E-state index contributed by atoms with van der Waals surface area (Å²) < 4.78 is 5.20. The Morgan fingerprint density at radius 1 is 1.39 bits per heavy atom. The molecule has 3 aliphatic heterocycles. The maximum absolute atomic E-state index is 12.8. The number of nitrogens with zero attached hydrogens (tertiary/aromatic N) is 2. The minimum absolute atomic E-state index is 0.108. The van der Waals surface area contributed by atoms with Crippen LogP contribution in [-0.2, 0) is 11.3 Å². The van der Waals surface area contributed by atoms with E-state index in [0.29, 0.717) is 17.6 Å². The number of methoxy groups -OCH3 is 1. The number of hydrogen-bond donors (Lipinski definition) is 0. The van der Waals surface area contributed by atoms with Gasteiger partial charge in [0.2, 0.25) is 5.91 Å². The van der Waals surface area contributed by atoms with Crippen molar-refractivity contribution in [2.45, 2.75) is 51.2 Å². The molecule has 23 heavy (non-hydrogen) atoms. The van der Waals surface area contributed by atoms with E-state index in [0.717, 1.165) is 30.6 Å². The van der Waals surface area contributed by atoms with E-state index in [9.17, 15) is 4.79 Å². The Kier molecular flexibility index (Phi) is 4.37. The molecule has 3 heterocycles. The van der Waals surface area contributed by atoms with Gasteiger partial charge < -0.3 is 9.64 Å². The van der Waals surface area contributed by atoms with E-state index < -0.39 is 5.54 Å². The third-order valence-electron chi connectivity index (χ3n) is 4.80. The third-order valence-corrected chi connectivity index (χ3v) is 5.25. The average Bonchev–Trinajstić information content (AvgIpc) is 2.53. The zero-order valence-electron chi connectivity index (χ0n) is 13.9. The van der Waals surface area contributed by atoms with Gasteiger partial charge in [-0.05, 0) is 42.9 Å². The fourth-order valence-corrected chi connectivity index (χ4v) is 4.12. The maximum Gasteiger partial charge on any atom is 0.248 e. The normalized spacial score (nSPS) is 26.7. The lowest BCUT2D eigenvalue weighted by molar-refractivity contribution is -0.143. The molecule has 4 rings (SSSR count). The Morgan fingerprint density at radius 2 is 2.09 bits per heavy atom. The molecule has 2 unspecified atom stereocenters. The van der Waals surface area contributed by atoms with Crippen LogP contribution in [0.15, 0.2) is 29.3 Å². The predicted molar refractivity (Wildman–Crippen MR) is 92.0 cm³/mol. The number of carbonyl (C=O) groups is 1. The minimum atomic E-state index is -0.429. The molecule has 1 aromatic rings. The molecule has 1 aromatic carbocycles. The van der Waals surface area contributed by atoms with Gasteiger partial charge in [0.25, 0.3) is 0 Å². The van der Waals surface area contributed by atoms with Crippen molar-refractivity contribution in [1.82, 2.24) is 4.90 Å². The number of fused-ring (bicyclic) bond motifs is 2. The zero-order valence-corrected chi connectivity index (χ0v) is 14.6. The summed E-state index contributed by atoms with van der Waals surface area (Å²) in [5, 5.41) is 0.607. The molecule has 124 valence electrons. The van der Waals surface area contributed by atoms with Gasteiger partial charge in [-0.25, -0.2) is 0 Å². The van der Waals surface area contributed by atoms with Crippen LogP contribution in [0, 0.1) is 5.92 Å². The highest BCUT2D eigenvalue weighted by molar-refractivity contribution is 6.68. The van der Waals surface area contributed by atoms with Gasteiger partial charge in [-0.1, -0.05) is 37.6 Å². The summed E-state index contributed by atoms with van der Waals surface area (Å²) in [4.78, 5) is 19.2. The second kappa shape index (κ2) is 6.16. The molecule has 4 nitrogen and oxygen atoms in total. The van der Waals surface area contributed by atoms with Crippen LogP contribution in [0.5, 0.6) is 5.75 Å². The standard InChI is InChI=1S/C18H23ClN2O2/c1-12(2)10-18-9-8-15(20-17(18)19)16(22)21(18)11-13-4-6-14(23-3)7-5-13/h4-7,12,15H,8-11H2,1-3H3. The van der Waals surface area contributed by atoms with E-state index in [4.69, 9.17) is 16.3 Å². The highest BCUT2D eigenvalue weighted by atomic mass is 35.5. The minimum Gasteiger partial charge on any atom is -0.497 e. The first kappa shape index (κ1) is 16.3. The average molecular weight is 335 g/mol. The fourth-order valence-electron chi connectivity index (χ4n) is 3.73. The van der Waals surface area contributed by atoms with Crippen molar-refractivity contribution in [2.75, 3.05) is 7.11 Å². The molecule has 0 aliphatic carbocycles. The summed E-state index contributed by atoms with van der Waals surface area (Å²) in [5.74, 6) is 1.37. The molecule has 2 bridgehead atoms. The molecule has 3 aliphatic rings. The topological polar surface area (TPSA) is 41.9 Å². The van der Waals surface area contributed by atoms with Crippen molar-refractivity contribution in [3.63, 3.8) is 0 Å². The molecule has 1 saturated heterocycles. The molecular formula is C18H23ClN2O2. The fraction of sp³-hybridized carbons (Fsp3) is 0.556. The Labute approximate surface area is 142 Å². The van der Waals surface area contributed by atoms with E-state index in [-0.39, 0.29) is 11.9 Å². The smallest absolute Gasteiger partial charge is 0.248 e. The first-order valence-corrected chi connectivity index (χ1v) is 8.52. The summed E-state index contributed by atoms with van der Waals surface area (Å²) >= 11 is 6.52. The van der Waals surface area contributed by atoms with Crippen LogP contribution < -0.4 is 4.74 Å². The quantitative estimate of drug-likeness (QED) is 0.825. The maximum atomic E-state index is 12.8. The van der Waals surface area contributed by atoms with Crippen molar-refractivity contribution in [2.24, 2.45) is 10.9 Å². The van der Waals surface area contributed by atoms with Crippen LogP contribution in [-0.4, -0.2) is 34.7 Å². The van der Waals surface area contributed by atoms with Crippen molar-refractivity contribution in [3.05, 3.63) is 29.8 Å². The molecule has 0 radical (unpaired) electrons. The summed E-state index contributed by atoms with van der Waals surface area (Å²) in [6.07, 6.45) is 2.56. The van der Waals surface area contributed by atoms with Gasteiger partial charge in [0.15, 0.2) is 0 Å². The summed E-state index contributed by atoms with van der Waals surface area (Å²) in [6.45, 7) is 4.89. The lowest BCUT2D eigenvalue weighted by Gasteiger charge is -2.52. The second-order valence-corrected chi connectivity index (χ2v) is 7.23. The van der Waals surface area contributed by atoms with Gasteiger partial charge in [0.1, 0.15) is 17.0 Å². The Hall–Kier alpha value is -1.55. The first-order chi connectivity index (χ1) is 11.0. The highest BCUT2D eigenvalue weighted by Crippen LogP contribution is 2.43. The number of halogens is 1. The number of piperidine rings is 1. The van der Waals surface area contributed by atoms with E-state index in [1.807, 2.05) is 29.2 Å². The number of carbonyl (C=O) groups excluding carboxylic acids is 1. The number of amides is 1. The van der Waals surface area contributed by atoms with E-state index in [2.05, 4.69) is 18.8 Å². The number of hydrogen-bond acceptors (Lipinski definition) is 3. The van der Waals surface area contributed by atoms with Crippen LogP contribution in [0.2, 0.25) is 0 Å². The molecule has 2 atom stereocenters. The largest absolute Gasteiger partial charge is 0.497 e. The first-order valence-electron chi connectivity index (χ1n) is 8.14. The van der Waals surface area contributed by atoms with Crippen molar-refractivity contribution >= 4 is 22.7 Å². The molecule has 0 spiro atoms. The van der Waals surface area contributed by atoms with Gasteiger partial charge in [-0.3, -0.25) is 9.79 Å². The van der Waals surface area contributed by atoms with Crippen LogP contribution in [0.4, 0.5) is 0 Å². The van der Waals surface area contributed by atoms with Crippen LogP contribution >= 0.6 is 11.6 Å². The number of ether oxygens (including phenoxy) is 1. The van der Waals surface area contributed by atoms with Gasteiger partial charge >= 0.3 is 0 Å². The van der Waals surface area contributed by atoms with Crippen LogP contribution in [0.3, 0.4) is 0 Å². The van der Waals surface area contributed by atoms with Crippen molar-refractivity contribution in [3.8, 4) is 5.75 Å². The summed E-state index contributed by atoms with van der Waals surface area (Å²) in [6, 6.07) is 7.56. The van der Waals surface area contributed by atoms with Crippen LogP contribution in [0.25, 0.3) is 0 Å². The Morgan fingerprint density at radius 3 is 2.65 bits per heavy atom. The number of aliphatic imine (C=N–C) groups is 1. The summed E-state index contributed by atoms with van der Waals surface area (Å²) in [5.41, 5.74) is 0.654. The SMILES string of the molecule is COc1ccc(CN2C(=O)C3CCC2(CC(C)C)C(Cl)=N3)cc1. The summed E-state index contributed by atoms with van der Waals surface area (Å²) in [7, 11) is 1.65. The van der Waals surface area contributed by atoms with Gasteiger partial charge in [0.05, 0.1) is 12.6 Å². The lowest BCUT2D eigenvalue weighted by Crippen LogP contribution is -2.65. The van der Waals surface area contributed by atoms with Gasteiger partial charge in [-0.15, -0.1) is 0 Å². The molecule has 0 saturated carbocycles. The zero-order chi connectivity index (χ0) is 16.6. The van der Waals surface area contributed by atoms with Crippen molar-refractivity contribution in [1.29, 1.82) is 0 Å². The highest BCUT2D eigenvalue weighted by Gasteiger charge is 2.53. The number of rotatable bonds is 5. The van der Waals surface area contributed by atoms with Gasteiger partial charge in [-0.2, -0.15) is 0 Å². The predicted octanol–water partition coefficient (Wildman–Crippen LogP) is 3.62. The van der Waals surface area contributed by atoms with Gasteiger partial charge in [0, 0.05) is 6.54 Å². The molecule has 5 heteroatoms. The molecular weight excluding hydrogens is 312 g/mol. The molecule has 1 fully saturated rings. The van der Waals surface area contributed by atoms with Crippen molar-refractivity contribution < 1.29 is 9.53 Å². The molecule has 0 N–H and O–H groups in total. The number of benzene rings is 1. The van der Waals surface area contributed by atoms with E-state index >= 15 is 0 Å². The third kappa shape index (κ3) is 2.85. The monoisotopic (exact) mass is 334 g/mol. The molecule has 1 amide bonds. The lowest BCUT2D eigenvalue weighted by atomic mass is 9.76. The second-order valence-electron chi connectivity index (χ2n) is 6.88. The van der Waals surface area contributed by atoms with Crippen LogP contribution in [0.1, 0.15) is 38.7 Å². The van der Waals surface area contributed by atoms with E-state index in [1.54, 1.807) is 7.11 Å². The Bertz CT molecular complexity index is 626. The van der Waals surface area contributed by atoms with E-state index in [1.165, 1.54) is 0 Å².